The quantitative estimate of drug-likeness (QED) is 0.910. The Morgan fingerprint density at radius 3 is 2.50 bits per heavy atom. The zero-order valence-corrected chi connectivity index (χ0v) is 13.6. The van der Waals surface area contributed by atoms with Gasteiger partial charge in [-0.25, -0.2) is 4.79 Å². The minimum absolute atomic E-state index is 0.108. The summed E-state index contributed by atoms with van der Waals surface area (Å²) in [6.45, 7) is 0.504. The van der Waals surface area contributed by atoms with E-state index in [9.17, 15) is 9.59 Å². The van der Waals surface area contributed by atoms with Crippen molar-refractivity contribution in [1.29, 1.82) is 0 Å². The van der Waals surface area contributed by atoms with Crippen molar-refractivity contribution in [3.63, 3.8) is 0 Å². The van der Waals surface area contributed by atoms with Crippen LogP contribution in [0.25, 0.3) is 11.1 Å². The van der Waals surface area contributed by atoms with E-state index in [-0.39, 0.29) is 11.3 Å². The minimum Gasteiger partial charge on any atom is -0.408 e. The fourth-order valence-corrected chi connectivity index (χ4v) is 5.87. The molecule has 2 N–H and O–H groups in total. The number of hydrogen-bond acceptors (Lipinski definition) is 3. The van der Waals surface area contributed by atoms with Gasteiger partial charge in [-0.05, 0) is 74.0 Å². The summed E-state index contributed by atoms with van der Waals surface area (Å²) in [5.41, 5.74) is 2.11. The molecule has 0 radical (unpaired) electrons. The second-order valence-electron chi connectivity index (χ2n) is 8.23. The first-order valence-electron chi connectivity index (χ1n) is 9.00. The summed E-state index contributed by atoms with van der Waals surface area (Å²) in [4.78, 5) is 26.8. The van der Waals surface area contributed by atoms with Crippen molar-refractivity contribution in [1.82, 2.24) is 10.3 Å². The molecular formula is C19H22N2O3. The highest BCUT2D eigenvalue weighted by Crippen LogP contribution is 2.60. The molecule has 2 aromatic rings. The zero-order valence-electron chi connectivity index (χ0n) is 13.6. The summed E-state index contributed by atoms with van der Waals surface area (Å²) in [5.74, 6) is 2.11. The van der Waals surface area contributed by atoms with Gasteiger partial charge in [-0.15, -0.1) is 0 Å². The number of oxazole rings is 1. The Bertz CT molecular complexity index is 828. The SMILES string of the molecule is O=C(NCc1ccc2oc(=O)[nH]c2c1)C12CC3CC(CC(C3)C1)C2. The molecule has 4 aliphatic rings. The van der Waals surface area contributed by atoms with Crippen molar-refractivity contribution < 1.29 is 9.21 Å². The average molecular weight is 326 g/mol. The van der Waals surface area contributed by atoms with E-state index in [0.717, 1.165) is 42.6 Å². The Morgan fingerprint density at radius 1 is 1.17 bits per heavy atom. The van der Waals surface area contributed by atoms with Crippen molar-refractivity contribution in [3.8, 4) is 0 Å². The van der Waals surface area contributed by atoms with Crippen molar-refractivity contribution in [2.75, 3.05) is 0 Å². The third kappa shape index (κ3) is 2.21. The molecule has 4 saturated carbocycles. The van der Waals surface area contributed by atoms with Crippen LogP contribution in [0.1, 0.15) is 44.1 Å². The number of rotatable bonds is 3. The summed E-state index contributed by atoms with van der Waals surface area (Å²) < 4.78 is 5.01. The number of carbonyl (C=O) groups is 1. The molecule has 5 nitrogen and oxygen atoms in total. The largest absolute Gasteiger partial charge is 0.417 e. The number of H-pyrrole nitrogens is 1. The molecule has 126 valence electrons. The molecule has 6 rings (SSSR count). The standard InChI is InChI=1S/C19H22N2O3/c22-17(19-7-12-3-13(8-19)5-14(4-12)9-19)20-10-11-1-2-16-15(6-11)21-18(23)24-16/h1-2,6,12-14H,3-5,7-10H2,(H,20,22)(H,21,23). The number of hydrogen-bond donors (Lipinski definition) is 2. The topological polar surface area (TPSA) is 75.1 Å². The van der Waals surface area contributed by atoms with Crippen LogP contribution in [0.3, 0.4) is 0 Å². The van der Waals surface area contributed by atoms with Gasteiger partial charge in [0.1, 0.15) is 0 Å². The van der Waals surface area contributed by atoms with E-state index < -0.39 is 5.76 Å². The predicted molar refractivity (Wildman–Crippen MR) is 89.3 cm³/mol. The van der Waals surface area contributed by atoms with Crippen LogP contribution in [0.15, 0.2) is 27.4 Å². The lowest BCUT2D eigenvalue weighted by atomic mass is 9.49. The van der Waals surface area contributed by atoms with Gasteiger partial charge in [0.25, 0.3) is 0 Å². The monoisotopic (exact) mass is 326 g/mol. The molecule has 1 heterocycles. The van der Waals surface area contributed by atoms with Crippen molar-refractivity contribution in [3.05, 3.63) is 34.3 Å². The summed E-state index contributed by atoms with van der Waals surface area (Å²) in [7, 11) is 0. The third-order valence-corrected chi connectivity index (χ3v) is 6.46. The number of fused-ring (bicyclic) bond motifs is 1. The maximum absolute atomic E-state index is 13.0. The van der Waals surface area contributed by atoms with Crippen LogP contribution < -0.4 is 11.1 Å². The molecule has 1 aromatic heterocycles. The predicted octanol–water partition coefficient (Wildman–Crippen LogP) is 2.95. The number of aromatic amines is 1. The van der Waals surface area contributed by atoms with Crippen LogP contribution >= 0.6 is 0 Å². The summed E-state index contributed by atoms with van der Waals surface area (Å²) in [6.07, 6.45) is 7.28. The van der Waals surface area contributed by atoms with Crippen molar-refractivity contribution >= 4 is 17.0 Å². The molecule has 1 amide bonds. The van der Waals surface area contributed by atoms with Gasteiger partial charge in [0.05, 0.1) is 5.52 Å². The Labute approximate surface area is 139 Å². The maximum atomic E-state index is 13.0. The lowest BCUT2D eigenvalue weighted by Crippen LogP contribution is -2.53. The van der Waals surface area contributed by atoms with Crippen molar-refractivity contribution in [2.45, 2.75) is 45.1 Å². The molecule has 24 heavy (non-hydrogen) atoms. The molecule has 0 unspecified atom stereocenters. The number of aromatic nitrogens is 1. The fourth-order valence-electron chi connectivity index (χ4n) is 5.87. The number of benzene rings is 1. The van der Waals surface area contributed by atoms with Crippen LogP contribution in [-0.2, 0) is 11.3 Å². The lowest BCUT2D eigenvalue weighted by molar-refractivity contribution is -0.146. The molecule has 1 aromatic carbocycles. The Hall–Kier alpha value is -2.04. The van der Waals surface area contributed by atoms with E-state index in [0.29, 0.717) is 17.6 Å². The molecule has 4 aliphatic carbocycles. The van der Waals surface area contributed by atoms with Gasteiger partial charge in [0.15, 0.2) is 5.58 Å². The van der Waals surface area contributed by atoms with Gasteiger partial charge in [-0.3, -0.25) is 9.78 Å². The van der Waals surface area contributed by atoms with Crippen LogP contribution in [0, 0.1) is 23.2 Å². The average Bonchev–Trinajstić information content (AvgIpc) is 2.90. The number of amides is 1. The molecule has 4 fully saturated rings. The fraction of sp³-hybridized carbons (Fsp3) is 0.579. The molecule has 0 atom stereocenters. The number of nitrogens with one attached hydrogen (secondary N) is 2. The van der Waals surface area contributed by atoms with Gasteiger partial charge in [-0.2, -0.15) is 0 Å². The first-order chi connectivity index (χ1) is 11.6. The van der Waals surface area contributed by atoms with Crippen LogP contribution in [0.2, 0.25) is 0 Å². The van der Waals surface area contributed by atoms with E-state index in [2.05, 4.69) is 10.3 Å². The highest BCUT2D eigenvalue weighted by atomic mass is 16.4. The molecule has 4 bridgehead atoms. The van der Waals surface area contributed by atoms with Crippen LogP contribution in [0.5, 0.6) is 0 Å². The molecule has 0 spiro atoms. The van der Waals surface area contributed by atoms with E-state index in [1.54, 1.807) is 6.07 Å². The Kier molecular flexibility index (Phi) is 2.97. The highest BCUT2D eigenvalue weighted by Gasteiger charge is 2.54. The second kappa shape index (κ2) is 4.98. The second-order valence-corrected chi connectivity index (χ2v) is 8.23. The highest BCUT2D eigenvalue weighted by molar-refractivity contribution is 5.83. The van der Waals surface area contributed by atoms with Crippen LogP contribution in [-0.4, -0.2) is 10.9 Å². The molecular weight excluding hydrogens is 304 g/mol. The summed E-state index contributed by atoms with van der Waals surface area (Å²) >= 11 is 0. The van der Waals surface area contributed by atoms with Crippen molar-refractivity contribution in [2.24, 2.45) is 23.2 Å². The molecule has 0 saturated heterocycles. The van der Waals surface area contributed by atoms with E-state index in [4.69, 9.17) is 4.42 Å². The van der Waals surface area contributed by atoms with Gasteiger partial charge < -0.3 is 9.73 Å². The van der Waals surface area contributed by atoms with Crippen LogP contribution in [0.4, 0.5) is 0 Å². The normalized spacial score (nSPS) is 33.9. The van der Waals surface area contributed by atoms with E-state index in [1.807, 2.05) is 12.1 Å². The smallest absolute Gasteiger partial charge is 0.408 e. The van der Waals surface area contributed by atoms with Gasteiger partial charge in [0, 0.05) is 12.0 Å². The number of carbonyl (C=O) groups excluding carboxylic acids is 1. The molecule has 0 aliphatic heterocycles. The summed E-state index contributed by atoms with van der Waals surface area (Å²) in [5, 5.41) is 3.17. The lowest BCUT2D eigenvalue weighted by Gasteiger charge is -2.55. The zero-order chi connectivity index (χ0) is 16.3. The minimum atomic E-state index is -0.445. The third-order valence-electron chi connectivity index (χ3n) is 6.46. The first kappa shape index (κ1) is 14.3. The first-order valence-corrected chi connectivity index (χ1v) is 9.00. The Balaban J connectivity index is 1.32. The molecule has 5 heteroatoms. The van der Waals surface area contributed by atoms with Gasteiger partial charge in [0.2, 0.25) is 5.91 Å². The van der Waals surface area contributed by atoms with Gasteiger partial charge in [-0.1, -0.05) is 6.07 Å². The maximum Gasteiger partial charge on any atom is 0.417 e. The van der Waals surface area contributed by atoms with E-state index in [1.165, 1.54) is 19.3 Å². The van der Waals surface area contributed by atoms with Gasteiger partial charge >= 0.3 is 5.76 Å². The van der Waals surface area contributed by atoms with E-state index >= 15 is 0 Å². The Morgan fingerprint density at radius 2 is 1.83 bits per heavy atom. The summed E-state index contributed by atoms with van der Waals surface area (Å²) in [6, 6.07) is 5.55.